The summed E-state index contributed by atoms with van der Waals surface area (Å²) in [5.41, 5.74) is 2.02. The molecule has 1 aromatic carbocycles. The maximum Gasteiger partial charge on any atom is 0.239 e. The van der Waals surface area contributed by atoms with Crippen LogP contribution in [0.2, 0.25) is 0 Å². The Morgan fingerprint density at radius 2 is 1.94 bits per heavy atom. The zero-order valence-corrected chi connectivity index (χ0v) is 17.9. The lowest BCUT2D eigenvalue weighted by Crippen LogP contribution is -2.37. The van der Waals surface area contributed by atoms with Gasteiger partial charge in [0.2, 0.25) is 11.8 Å². The van der Waals surface area contributed by atoms with Gasteiger partial charge in [-0.1, -0.05) is 6.07 Å². The Balaban J connectivity index is 1.36. The molecule has 164 valence electrons. The Bertz CT molecular complexity index is 912. The SMILES string of the molecule is COc1ccc(C2CC(=O)N(CC(=O)NCc3ccncc3)C2)cc1OC1CCCC1. The van der Waals surface area contributed by atoms with Gasteiger partial charge in [-0.25, -0.2) is 0 Å². The zero-order chi connectivity index (χ0) is 21.6. The molecule has 1 saturated heterocycles. The van der Waals surface area contributed by atoms with E-state index in [1.165, 1.54) is 12.8 Å². The number of likely N-dealkylation sites (tertiary alicyclic amines) is 1. The number of methoxy groups -OCH3 is 1. The van der Waals surface area contributed by atoms with Crippen LogP contribution in [0.5, 0.6) is 11.5 Å². The van der Waals surface area contributed by atoms with Crippen LogP contribution in [0.25, 0.3) is 0 Å². The van der Waals surface area contributed by atoms with Gasteiger partial charge in [-0.2, -0.15) is 0 Å². The molecule has 0 spiro atoms. The van der Waals surface area contributed by atoms with Crippen molar-refractivity contribution in [2.45, 2.75) is 50.7 Å². The van der Waals surface area contributed by atoms with Gasteiger partial charge in [0.1, 0.15) is 0 Å². The Morgan fingerprint density at radius 1 is 1.16 bits per heavy atom. The van der Waals surface area contributed by atoms with Crippen LogP contribution in [0.4, 0.5) is 0 Å². The molecule has 1 aliphatic heterocycles. The number of carbonyl (C=O) groups excluding carboxylic acids is 2. The summed E-state index contributed by atoms with van der Waals surface area (Å²) in [6, 6.07) is 9.61. The number of carbonyl (C=O) groups is 2. The molecule has 1 saturated carbocycles. The molecule has 7 heteroatoms. The van der Waals surface area contributed by atoms with Gasteiger partial charge in [0.25, 0.3) is 0 Å². The Labute approximate surface area is 182 Å². The van der Waals surface area contributed by atoms with Crippen LogP contribution in [0.3, 0.4) is 0 Å². The molecule has 7 nitrogen and oxygen atoms in total. The fourth-order valence-electron chi connectivity index (χ4n) is 4.30. The van der Waals surface area contributed by atoms with Crippen LogP contribution in [-0.4, -0.2) is 48.0 Å². The highest BCUT2D eigenvalue weighted by Crippen LogP contribution is 2.36. The molecule has 1 unspecified atom stereocenters. The van der Waals surface area contributed by atoms with Crippen molar-refractivity contribution in [1.82, 2.24) is 15.2 Å². The van der Waals surface area contributed by atoms with Crippen molar-refractivity contribution in [2.24, 2.45) is 0 Å². The summed E-state index contributed by atoms with van der Waals surface area (Å²) >= 11 is 0. The normalized spacial score (nSPS) is 18.9. The molecule has 1 N–H and O–H groups in total. The molecule has 0 radical (unpaired) electrons. The second kappa shape index (κ2) is 9.81. The maximum atomic E-state index is 12.5. The van der Waals surface area contributed by atoms with E-state index in [0.717, 1.165) is 29.7 Å². The molecule has 2 aromatic rings. The highest BCUT2D eigenvalue weighted by molar-refractivity contribution is 5.86. The summed E-state index contributed by atoms with van der Waals surface area (Å²) < 4.78 is 11.7. The predicted octanol–water partition coefficient (Wildman–Crippen LogP) is 3.04. The first kappa shape index (κ1) is 21.2. The predicted molar refractivity (Wildman–Crippen MR) is 116 cm³/mol. The van der Waals surface area contributed by atoms with E-state index < -0.39 is 0 Å². The fourth-order valence-corrected chi connectivity index (χ4v) is 4.30. The van der Waals surface area contributed by atoms with E-state index in [9.17, 15) is 9.59 Å². The Kier molecular flexibility index (Phi) is 6.70. The number of aromatic nitrogens is 1. The summed E-state index contributed by atoms with van der Waals surface area (Å²) in [4.78, 5) is 30.5. The maximum absolute atomic E-state index is 12.5. The first-order valence-electron chi connectivity index (χ1n) is 10.9. The highest BCUT2D eigenvalue weighted by Gasteiger charge is 2.32. The summed E-state index contributed by atoms with van der Waals surface area (Å²) in [7, 11) is 1.64. The first-order valence-corrected chi connectivity index (χ1v) is 10.9. The average Bonchev–Trinajstić information content (AvgIpc) is 3.43. The molecule has 2 heterocycles. The molecular formula is C24H29N3O4. The molecule has 1 atom stereocenters. The largest absolute Gasteiger partial charge is 0.493 e. The van der Waals surface area contributed by atoms with E-state index in [1.807, 2.05) is 30.3 Å². The van der Waals surface area contributed by atoms with Crippen LogP contribution < -0.4 is 14.8 Å². The van der Waals surface area contributed by atoms with Gasteiger partial charge in [0.15, 0.2) is 11.5 Å². The van der Waals surface area contributed by atoms with Crippen LogP contribution in [0.15, 0.2) is 42.7 Å². The van der Waals surface area contributed by atoms with E-state index >= 15 is 0 Å². The fraction of sp³-hybridized carbons (Fsp3) is 0.458. The van der Waals surface area contributed by atoms with E-state index in [0.29, 0.717) is 25.3 Å². The van der Waals surface area contributed by atoms with Crippen molar-refractivity contribution < 1.29 is 19.1 Å². The average molecular weight is 424 g/mol. The van der Waals surface area contributed by atoms with E-state index in [-0.39, 0.29) is 30.4 Å². The van der Waals surface area contributed by atoms with Gasteiger partial charge >= 0.3 is 0 Å². The lowest BCUT2D eigenvalue weighted by atomic mass is 9.98. The van der Waals surface area contributed by atoms with Crippen molar-refractivity contribution in [2.75, 3.05) is 20.2 Å². The third kappa shape index (κ3) is 5.34. The summed E-state index contributed by atoms with van der Waals surface area (Å²) in [5, 5.41) is 2.87. The molecule has 0 bridgehead atoms. The molecule has 2 aliphatic rings. The lowest BCUT2D eigenvalue weighted by Gasteiger charge is -2.19. The number of nitrogens with zero attached hydrogens (tertiary/aromatic N) is 2. The van der Waals surface area contributed by atoms with Crippen molar-refractivity contribution in [3.8, 4) is 11.5 Å². The summed E-state index contributed by atoms with van der Waals surface area (Å²) in [5.74, 6) is 1.33. The topological polar surface area (TPSA) is 80.8 Å². The molecular weight excluding hydrogens is 394 g/mol. The monoisotopic (exact) mass is 423 g/mol. The molecule has 1 aliphatic carbocycles. The smallest absolute Gasteiger partial charge is 0.239 e. The molecule has 2 amide bonds. The van der Waals surface area contributed by atoms with Crippen molar-refractivity contribution in [1.29, 1.82) is 0 Å². The minimum Gasteiger partial charge on any atom is -0.493 e. The van der Waals surface area contributed by atoms with Gasteiger partial charge in [-0.05, 0) is 61.1 Å². The minimum absolute atomic E-state index is 0.00172. The van der Waals surface area contributed by atoms with Crippen molar-refractivity contribution in [3.05, 3.63) is 53.9 Å². The van der Waals surface area contributed by atoms with Gasteiger partial charge in [0.05, 0.1) is 19.8 Å². The molecule has 1 aromatic heterocycles. The minimum atomic E-state index is -0.161. The van der Waals surface area contributed by atoms with Gasteiger partial charge in [0, 0.05) is 37.8 Å². The summed E-state index contributed by atoms with van der Waals surface area (Å²) in [6.07, 6.45) is 8.53. The number of hydrogen-bond donors (Lipinski definition) is 1. The number of ether oxygens (including phenoxy) is 2. The quantitative estimate of drug-likeness (QED) is 0.706. The zero-order valence-electron chi connectivity index (χ0n) is 17.9. The molecule has 4 rings (SSSR count). The van der Waals surface area contributed by atoms with E-state index in [4.69, 9.17) is 9.47 Å². The number of benzene rings is 1. The standard InChI is InChI=1S/C24H29N3O4/c1-30-21-7-6-18(12-22(21)31-20-4-2-3-5-20)19-13-24(29)27(15-19)16-23(28)26-14-17-8-10-25-11-9-17/h6-12,19-20H,2-5,13-16H2,1H3,(H,26,28). The number of amides is 2. The summed E-state index contributed by atoms with van der Waals surface area (Å²) in [6.45, 7) is 1.02. The number of pyridine rings is 1. The van der Waals surface area contributed by atoms with Gasteiger partial charge in [-0.15, -0.1) is 0 Å². The number of rotatable bonds is 8. The highest BCUT2D eigenvalue weighted by atomic mass is 16.5. The van der Waals surface area contributed by atoms with Crippen LogP contribution in [0.1, 0.15) is 49.1 Å². The Hall–Kier alpha value is -3.09. The second-order valence-electron chi connectivity index (χ2n) is 8.24. The van der Waals surface area contributed by atoms with Gasteiger partial charge < -0.3 is 19.7 Å². The van der Waals surface area contributed by atoms with Crippen LogP contribution in [0, 0.1) is 0 Å². The lowest BCUT2D eigenvalue weighted by molar-refractivity contribution is -0.133. The molecule has 2 fully saturated rings. The second-order valence-corrected chi connectivity index (χ2v) is 8.24. The van der Waals surface area contributed by atoms with Gasteiger partial charge in [-0.3, -0.25) is 14.6 Å². The van der Waals surface area contributed by atoms with E-state index in [2.05, 4.69) is 10.3 Å². The number of hydrogen-bond acceptors (Lipinski definition) is 5. The third-order valence-corrected chi connectivity index (χ3v) is 6.04. The number of nitrogens with one attached hydrogen (secondary N) is 1. The molecule has 31 heavy (non-hydrogen) atoms. The Morgan fingerprint density at radius 3 is 2.68 bits per heavy atom. The first-order chi connectivity index (χ1) is 15.1. The third-order valence-electron chi connectivity index (χ3n) is 6.04. The van der Waals surface area contributed by atoms with E-state index in [1.54, 1.807) is 24.4 Å². The van der Waals surface area contributed by atoms with Crippen molar-refractivity contribution in [3.63, 3.8) is 0 Å². The van der Waals surface area contributed by atoms with Crippen molar-refractivity contribution >= 4 is 11.8 Å². The van der Waals surface area contributed by atoms with Crippen LogP contribution >= 0.6 is 0 Å². The van der Waals surface area contributed by atoms with Crippen LogP contribution in [-0.2, 0) is 16.1 Å².